The van der Waals surface area contributed by atoms with E-state index in [1.54, 1.807) is 6.34 Å². The number of aliphatic imine (C=N–C) groups is 1. The Morgan fingerprint density at radius 2 is 1.86 bits per heavy atom. The zero-order valence-electron chi connectivity index (χ0n) is 12.8. The third-order valence-corrected chi connectivity index (χ3v) is 4.59. The first kappa shape index (κ1) is 18.3. The molecular weight excluding hydrogens is 296 g/mol. The summed E-state index contributed by atoms with van der Waals surface area (Å²) in [5, 5.41) is 8.50. The van der Waals surface area contributed by atoms with E-state index < -0.39 is 9.84 Å². The third-order valence-electron chi connectivity index (χ3n) is 3.00. The Balaban J connectivity index is 2.10. The predicted molar refractivity (Wildman–Crippen MR) is 81.5 cm³/mol. The van der Waals surface area contributed by atoms with Crippen molar-refractivity contribution in [2.45, 2.75) is 19.4 Å². The van der Waals surface area contributed by atoms with Gasteiger partial charge in [-0.3, -0.25) is 4.99 Å². The Labute approximate surface area is 126 Å². The highest BCUT2D eigenvalue weighted by molar-refractivity contribution is 7.91. The molecule has 7 nitrogen and oxygen atoms in total. The molecule has 0 spiro atoms. The molecule has 21 heavy (non-hydrogen) atoms. The Hall–Kier alpha value is -0.700. The highest BCUT2D eigenvalue weighted by Crippen LogP contribution is 2.15. The summed E-state index contributed by atoms with van der Waals surface area (Å²) in [5.74, 6) is 0.126. The summed E-state index contributed by atoms with van der Waals surface area (Å²) < 4.78 is 33.9. The van der Waals surface area contributed by atoms with Crippen LogP contribution in [0.1, 0.15) is 13.8 Å². The molecule has 0 bridgehead atoms. The molecule has 0 amide bonds. The molecule has 0 radical (unpaired) electrons. The predicted octanol–water partition coefficient (Wildman–Crippen LogP) is -0.451. The first-order valence-electron chi connectivity index (χ1n) is 7.11. The van der Waals surface area contributed by atoms with E-state index in [9.17, 15) is 8.42 Å². The minimum absolute atomic E-state index is 0.0153. The molecule has 0 atom stereocenters. The van der Waals surface area contributed by atoms with Crippen LogP contribution in [-0.2, 0) is 19.3 Å². The van der Waals surface area contributed by atoms with Gasteiger partial charge < -0.3 is 19.5 Å². The SMILES string of the molecule is CC1(C)CN(CCS(=O)(=O)CCOCCOCCO)C=N1. The second-order valence-electron chi connectivity index (χ2n) is 5.63. The van der Waals surface area contributed by atoms with Gasteiger partial charge in [-0.05, 0) is 13.8 Å². The summed E-state index contributed by atoms with van der Waals surface area (Å²) in [7, 11) is -3.11. The van der Waals surface area contributed by atoms with Crippen LogP contribution in [-0.4, -0.2) is 87.9 Å². The van der Waals surface area contributed by atoms with Gasteiger partial charge in [0, 0.05) is 13.1 Å². The third kappa shape index (κ3) is 8.35. The number of aliphatic hydroxyl groups is 1. The van der Waals surface area contributed by atoms with Crippen molar-refractivity contribution in [2.24, 2.45) is 4.99 Å². The number of hydrogen-bond acceptors (Lipinski definition) is 7. The fourth-order valence-corrected chi connectivity index (χ4v) is 2.97. The number of aliphatic hydroxyl groups excluding tert-OH is 1. The summed E-state index contributed by atoms with van der Waals surface area (Å²) in [5.41, 5.74) is -0.124. The van der Waals surface area contributed by atoms with Crippen LogP contribution in [0.5, 0.6) is 0 Å². The number of rotatable bonds is 11. The van der Waals surface area contributed by atoms with E-state index in [1.807, 2.05) is 18.7 Å². The van der Waals surface area contributed by atoms with E-state index in [4.69, 9.17) is 14.6 Å². The van der Waals surface area contributed by atoms with E-state index in [0.717, 1.165) is 6.54 Å². The van der Waals surface area contributed by atoms with Crippen molar-refractivity contribution < 1.29 is 23.0 Å². The quantitative estimate of drug-likeness (QED) is 0.518. The summed E-state index contributed by atoms with van der Waals surface area (Å²) >= 11 is 0. The molecule has 0 saturated carbocycles. The van der Waals surface area contributed by atoms with Gasteiger partial charge in [-0.15, -0.1) is 0 Å². The van der Waals surface area contributed by atoms with Gasteiger partial charge in [0.25, 0.3) is 0 Å². The monoisotopic (exact) mass is 322 g/mol. The van der Waals surface area contributed by atoms with Crippen LogP contribution in [0.2, 0.25) is 0 Å². The van der Waals surface area contributed by atoms with Crippen LogP contribution in [0.25, 0.3) is 0 Å². The van der Waals surface area contributed by atoms with Gasteiger partial charge >= 0.3 is 0 Å². The van der Waals surface area contributed by atoms with Gasteiger partial charge in [0.1, 0.15) is 0 Å². The number of nitrogens with zero attached hydrogens (tertiary/aromatic N) is 2. The van der Waals surface area contributed by atoms with Crippen LogP contribution in [0.3, 0.4) is 0 Å². The van der Waals surface area contributed by atoms with E-state index >= 15 is 0 Å². The Morgan fingerprint density at radius 1 is 1.19 bits per heavy atom. The van der Waals surface area contributed by atoms with E-state index in [0.29, 0.717) is 19.8 Å². The van der Waals surface area contributed by atoms with Crippen molar-refractivity contribution in [1.29, 1.82) is 0 Å². The highest BCUT2D eigenvalue weighted by Gasteiger charge is 2.25. The van der Waals surface area contributed by atoms with Gasteiger partial charge in [0.05, 0.1) is 56.4 Å². The van der Waals surface area contributed by atoms with Gasteiger partial charge in [0.15, 0.2) is 9.84 Å². The largest absolute Gasteiger partial charge is 0.394 e. The maximum absolute atomic E-state index is 11.9. The molecule has 0 unspecified atom stereocenters. The molecule has 8 heteroatoms. The lowest BCUT2D eigenvalue weighted by molar-refractivity contribution is 0.0375. The number of sulfone groups is 1. The Bertz CT molecular complexity index is 422. The molecule has 0 aromatic rings. The first-order chi connectivity index (χ1) is 9.85. The van der Waals surface area contributed by atoms with E-state index in [1.165, 1.54) is 0 Å². The molecule has 124 valence electrons. The lowest BCUT2D eigenvalue weighted by Crippen LogP contribution is -2.33. The van der Waals surface area contributed by atoms with Crippen LogP contribution in [0, 0.1) is 0 Å². The van der Waals surface area contributed by atoms with Gasteiger partial charge in [-0.1, -0.05) is 0 Å². The highest BCUT2D eigenvalue weighted by atomic mass is 32.2. The molecule has 0 aromatic carbocycles. The number of hydrogen-bond donors (Lipinski definition) is 1. The fourth-order valence-electron chi connectivity index (χ4n) is 1.88. The van der Waals surface area contributed by atoms with Crippen LogP contribution in [0.15, 0.2) is 4.99 Å². The van der Waals surface area contributed by atoms with Crippen molar-refractivity contribution in [3.63, 3.8) is 0 Å². The normalized spacial score (nSPS) is 17.6. The van der Waals surface area contributed by atoms with Crippen molar-refractivity contribution in [2.75, 3.05) is 57.6 Å². The maximum atomic E-state index is 11.9. The van der Waals surface area contributed by atoms with Crippen molar-refractivity contribution in [3.8, 4) is 0 Å². The van der Waals surface area contributed by atoms with Crippen molar-refractivity contribution in [1.82, 2.24) is 4.90 Å². The van der Waals surface area contributed by atoms with Crippen molar-refractivity contribution in [3.05, 3.63) is 0 Å². The molecule has 1 aliphatic rings. The van der Waals surface area contributed by atoms with Gasteiger partial charge in [-0.2, -0.15) is 0 Å². The molecule has 0 saturated heterocycles. The smallest absolute Gasteiger partial charge is 0.154 e. The average Bonchev–Trinajstić information content (AvgIpc) is 2.75. The maximum Gasteiger partial charge on any atom is 0.154 e. The fraction of sp³-hybridized carbons (Fsp3) is 0.923. The molecule has 1 N–H and O–H groups in total. The lowest BCUT2D eigenvalue weighted by Gasteiger charge is -2.19. The summed E-state index contributed by atoms with van der Waals surface area (Å²) in [4.78, 5) is 6.24. The molecular formula is C13H26N2O5S. The van der Waals surface area contributed by atoms with Crippen LogP contribution in [0.4, 0.5) is 0 Å². The van der Waals surface area contributed by atoms with Crippen molar-refractivity contribution >= 4 is 16.2 Å². The molecule has 1 heterocycles. The second-order valence-corrected chi connectivity index (χ2v) is 7.93. The number of ether oxygens (including phenoxy) is 2. The van der Waals surface area contributed by atoms with Crippen LogP contribution >= 0.6 is 0 Å². The van der Waals surface area contributed by atoms with E-state index in [-0.39, 0.29) is 36.9 Å². The minimum atomic E-state index is -3.11. The average molecular weight is 322 g/mol. The topological polar surface area (TPSA) is 88.4 Å². The standard InChI is InChI=1S/C13H26N2O5S/c1-13(2)11-15(12-14-13)3-9-21(17,18)10-8-20-7-6-19-5-4-16/h12,16H,3-11H2,1-2H3. The molecule has 0 aromatic heterocycles. The summed E-state index contributed by atoms with van der Waals surface area (Å²) in [6.45, 7) is 6.37. The Morgan fingerprint density at radius 3 is 2.43 bits per heavy atom. The molecule has 0 fully saturated rings. The Kier molecular flexibility index (Phi) is 7.58. The second kappa shape index (κ2) is 8.67. The first-order valence-corrected chi connectivity index (χ1v) is 8.93. The molecule has 1 rings (SSSR count). The van der Waals surface area contributed by atoms with Crippen LogP contribution < -0.4 is 0 Å². The molecule has 0 aliphatic carbocycles. The summed E-state index contributed by atoms with van der Waals surface area (Å²) in [6.07, 6.45) is 1.73. The summed E-state index contributed by atoms with van der Waals surface area (Å²) in [6, 6.07) is 0. The zero-order valence-corrected chi connectivity index (χ0v) is 13.6. The molecule has 1 aliphatic heterocycles. The minimum Gasteiger partial charge on any atom is -0.394 e. The van der Waals surface area contributed by atoms with E-state index in [2.05, 4.69) is 4.99 Å². The van der Waals surface area contributed by atoms with Gasteiger partial charge in [0.2, 0.25) is 0 Å². The van der Waals surface area contributed by atoms with Gasteiger partial charge in [-0.25, -0.2) is 8.42 Å². The zero-order chi connectivity index (χ0) is 15.8. The lowest BCUT2D eigenvalue weighted by atomic mass is 10.1.